The summed E-state index contributed by atoms with van der Waals surface area (Å²) in [6, 6.07) is 2.12. The fraction of sp³-hybridized carbons (Fsp3) is 0.235. The number of aromatic nitrogens is 4. The van der Waals surface area contributed by atoms with Crippen molar-refractivity contribution in [2.45, 2.75) is 25.8 Å². The topological polar surface area (TPSA) is 81.8 Å². The van der Waals surface area contributed by atoms with Gasteiger partial charge in [0.2, 0.25) is 0 Å². The highest BCUT2D eigenvalue weighted by atomic mass is 35.5. The highest BCUT2D eigenvalue weighted by molar-refractivity contribution is 6.30. The summed E-state index contributed by atoms with van der Waals surface area (Å²) in [5.41, 5.74) is 1.63. The fourth-order valence-corrected chi connectivity index (χ4v) is 2.32. The van der Waals surface area contributed by atoms with Crippen molar-refractivity contribution in [3.63, 3.8) is 0 Å². The van der Waals surface area contributed by atoms with E-state index in [9.17, 15) is 8.78 Å². The zero-order valence-electron chi connectivity index (χ0n) is 13.8. The summed E-state index contributed by atoms with van der Waals surface area (Å²) >= 11 is 5.60. The Labute approximate surface area is 153 Å². The van der Waals surface area contributed by atoms with E-state index in [0.29, 0.717) is 22.8 Å². The van der Waals surface area contributed by atoms with Gasteiger partial charge in [-0.3, -0.25) is 15.2 Å². The molecule has 0 saturated heterocycles. The molecule has 0 unspecified atom stereocenters. The molecule has 9 heteroatoms. The Balaban J connectivity index is 0.000000592. The van der Waals surface area contributed by atoms with Crippen LogP contribution in [0.1, 0.15) is 24.8 Å². The van der Waals surface area contributed by atoms with Gasteiger partial charge in [0.05, 0.1) is 23.7 Å². The molecular formula is C17H17ClF2N6. The predicted octanol–water partition coefficient (Wildman–Crippen LogP) is 4.85. The van der Waals surface area contributed by atoms with Crippen molar-refractivity contribution < 1.29 is 8.78 Å². The molecule has 0 spiro atoms. The maximum Gasteiger partial charge on any atom is 0.132 e. The Kier molecular flexibility index (Phi) is 5.62. The summed E-state index contributed by atoms with van der Waals surface area (Å²) in [5.74, 6) is -0.981. The second-order valence-electron chi connectivity index (χ2n) is 5.71. The van der Waals surface area contributed by atoms with E-state index in [0.717, 1.165) is 12.1 Å². The summed E-state index contributed by atoms with van der Waals surface area (Å²) < 4.78 is 27.6. The van der Waals surface area contributed by atoms with Crippen LogP contribution in [0.4, 0.5) is 20.3 Å². The van der Waals surface area contributed by atoms with Gasteiger partial charge in [-0.2, -0.15) is 10.2 Å². The molecule has 0 bridgehead atoms. The number of aliphatic imine (C=N–C) groups is 1. The number of nitrogens with zero attached hydrogens (tertiary/aromatic N) is 3. The molecule has 6 nitrogen and oxygen atoms in total. The number of hydrogen-bond donors (Lipinski definition) is 3. The lowest BCUT2D eigenvalue weighted by Crippen LogP contribution is -2.06. The Morgan fingerprint density at radius 1 is 1.12 bits per heavy atom. The van der Waals surface area contributed by atoms with Crippen molar-refractivity contribution in [2.24, 2.45) is 4.99 Å². The van der Waals surface area contributed by atoms with Crippen LogP contribution in [0.15, 0.2) is 29.5 Å². The minimum Gasteiger partial charge on any atom is -0.366 e. The Morgan fingerprint density at radius 2 is 1.77 bits per heavy atom. The first kappa shape index (κ1) is 18.1. The lowest BCUT2D eigenvalue weighted by Gasteiger charge is -2.09. The molecule has 2 aromatic heterocycles. The van der Waals surface area contributed by atoms with E-state index in [1.807, 2.05) is 0 Å². The summed E-state index contributed by atoms with van der Waals surface area (Å²) in [6.07, 6.45) is 7.55. The van der Waals surface area contributed by atoms with Crippen LogP contribution in [0, 0.1) is 11.6 Å². The van der Waals surface area contributed by atoms with Crippen LogP contribution in [0.5, 0.6) is 0 Å². The predicted molar refractivity (Wildman–Crippen MR) is 97.9 cm³/mol. The van der Waals surface area contributed by atoms with Crippen LogP contribution in [-0.4, -0.2) is 27.1 Å². The SMILES string of the molecule is C1CC1.C=Nc1cn[nH]c1-c1cn[nH]c1NCc1c(F)cc(Cl)cc1F. The van der Waals surface area contributed by atoms with Gasteiger partial charge >= 0.3 is 0 Å². The van der Waals surface area contributed by atoms with Crippen molar-refractivity contribution in [3.8, 4) is 11.3 Å². The standard InChI is InChI=1S/C14H11ClF2N6.C3H6/c1-18-12-6-21-22-13(12)9-5-20-23-14(9)19-4-8-10(16)2-7(15)3-11(8)17;1-2-3-1/h2-3,5-6H,1,4H2,(H,21,22)(H2,19,20,23);1-3H2. The first-order valence-corrected chi connectivity index (χ1v) is 8.39. The summed E-state index contributed by atoms with van der Waals surface area (Å²) in [6.45, 7) is 3.37. The molecule has 1 saturated carbocycles. The largest absolute Gasteiger partial charge is 0.366 e. The van der Waals surface area contributed by atoms with E-state index < -0.39 is 11.6 Å². The molecule has 0 atom stereocenters. The molecule has 1 aliphatic carbocycles. The smallest absolute Gasteiger partial charge is 0.132 e. The number of rotatable bonds is 5. The third-order valence-electron chi connectivity index (χ3n) is 3.60. The van der Waals surface area contributed by atoms with E-state index >= 15 is 0 Å². The summed E-state index contributed by atoms with van der Waals surface area (Å²) in [5, 5.41) is 16.2. The van der Waals surface area contributed by atoms with Crippen LogP contribution in [0.2, 0.25) is 5.02 Å². The Morgan fingerprint density at radius 3 is 2.38 bits per heavy atom. The van der Waals surface area contributed by atoms with E-state index in [-0.39, 0.29) is 17.1 Å². The zero-order valence-corrected chi connectivity index (χ0v) is 14.6. The first-order valence-electron chi connectivity index (χ1n) is 8.01. The zero-order chi connectivity index (χ0) is 18.5. The molecule has 1 aromatic carbocycles. The van der Waals surface area contributed by atoms with Crippen molar-refractivity contribution in [1.29, 1.82) is 0 Å². The van der Waals surface area contributed by atoms with E-state index in [4.69, 9.17) is 11.6 Å². The second kappa shape index (κ2) is 8.09. The summed E-state index contributed by atoms with van der Waals surface area (Å²) in [7, 11) is 0. The number of nitrogens with one attached hydrogen (secondary N) is 3. The third kappa shape index (κ3) is 4.26. The molecule has 2 heterocycles. The third-order valence-corrected chi connectivity index (χ3v) is 3.82. The Hall–Kier alpha value is -2.74. The molecule has 1 fully saturated rings. The highest BCUT2D eigenvalue weighted by Gasteiger charge is 2.15. The van der Waals surface area contributed by atoms with Crippen LogP contribution in [0.3, 0.4) is 0 Å². The Bertz CT molecular complexity index is 877. The molecule has 0 amide bonds. The molecular weight excluding hydrogens is 362 g/mol. The molecule has 26 heavy (non-hydrogen) atoms. The minimum atomic E-state index is -0.724. The van der Waals surface area contributed by atoms with Gasteiger partial charge in [0.15, 0.2) is 0 Å². The number of benzene rings is 1. The molecule has 136 valence electrons. The van der Waals surface area contributed by atoms with E-state index in [1.54, 1.807) is 6.20 Å². The van der Waals surface area contributed by atoms with Crippen molar-refractivity contribution in [3.05, 3.63) is 46.7 Å². The van der Waals surface area contributed by atoms with Crippen LogP contribution < -0.4 is 5.32 Å². The quantitative estimate of drug-likeness (QED) is 0.555. The van der Waals surface area contributed by atoms with Gasteiger partial charge in [-0.15, -0.1) is 0 Å². The molecule has 0 radical (unpaired) electrons. The number of aromatic amines is 2. The molecule has 1 aliphatic rings. The van der Waals surface area contributed by atoms with Crippen molar-refractivity contribution in [2.75, 3.05) is 5.32 Å². The van der Waals surface area contributed by atoms with Crippen LogP contribution in [-0.2, 0) is 6.54 Å². The van der Waals surface area contributed by atoms with Gasteiger partial charge in [0.1, 0.15) is 23.1 Å². The lowest BCUT2D eigenvalue weighted by molar-refractivity contribution is 0.560. The molecule has 0 aliphatic heterocycles. The van der Waals surface area contributed by atoms with Gasteiger partial charge < -0.3 is 5.32 Å². The lowest BCUT2D eigenvalue weighted by atomic mass is 10.2. The van der Waals surface area contributed by atoms with Gasteiger partial charge in [0.25, 0.3) is 0 Å². The number of halogens is 3. The number of H-pyrrole nitrogens is 2. The van der Waals surface area contributed by atoms with Gasteiger partial charge in [-0.1, -0.05) is 30.9 Å². The van der Waals surface area contributed by atoms with Crippen LogP contribution in [0.25, 0.3) is 11.3 Å². The summed E-state index contributed by atoms with van der Waals surface area (Å²) in [4.78, 5) is 3.84. The maximum atomic E-state index is 13.8. The monoisotopic (exact) mass is 378 g/mol. The van der Waals surface area contributed by atoms with Crippen molar-refractivity contribution >= 4 is 29.8 Å². The van der Waals surface area contributed by atoms with Gasteiger partial charge in [-0.05, 0) is 18.9 Å². The highest BCUT2D eigenvalue weighted by Crippen LogP contribution is 2.32. The number of hydrogen-bond acceptors (Lipinski definition) is 4. The molecule has 4 rings (SSSR count). The van der Waals surface area contributed by atoms with E-state index in [1.165, 1.54) is 25.5 Å². The van der Waals surface area contributed by atoms with Gasteiger partial charge in [0, 0.05) is 17.1 Å². The van der Waals surface area contributed by atoms with Crippen LogP contribution >= 0.6 is 11.6 Å². The van der Waals surface area contributed by atoms with Gasteiger partial charge in [-0.25, -0.2) is 8.78 Å². The fourth-order valence-electron chi connectivity index (χ4n) is 2.13. The second-order valence-corrected chi connectivity index (χ2v) is 6.15. The van der Waals surface area contributed by atoms with Crippen molar-refractivity contribution in [1.82, 2.24) is 20.4 Å². The van der Waals surface area contributed by atoms with E-state index in [2.05, 4.69) is 37.4 Å². The number of anilines is 1. The average molecular weight is 379 g/mol. The first-order chi connectivity index (χ1) is 12.6. The molecule has 3 N–H and O–H groups in total. The molecule has 3 aromatic rings. The average Bonchev–Trinajstić information content (AvgIpc) is 3.29. The normalized spacial score (nSPS) is 12.3. The maximum absolute atomic E-state index is 13.8. The minimum absolute atomic E-state index is 0.00476.